The molecule has 0 bridgehead atoms. The lowest BCUT2D eigenvalue weighted by Crippen LogP contribution is -2.43. The zero-order valence-electron chi connectivity index (χ0n) is 15.3. The third-order valence-corrected chi connectivity index (χ3v) is 4.78. The summed E-state index contributed by atoms with van der Waals surface area (Å²) in [6.45, 7) is 13.1. The highest BCUT2D eigenvalue weighted by atomic mass is 32.1. The van der Waals surface area contributed by atoms with Gasteiger partial charge < -0.3 is 10.6 Å². The van der Waals surface area contributed by atoms with E-state index in [9.17, 15) is 0 Å². The Morgan fingerprint density at radius 3 is 2.67 bits per heavy atom. The predicted octanol–water partition coefficient (Wildman–Crippen LogP) is 3.79. The fourth-order valence-electron chi connectivity index (χ4n) is 2.44. The molecule has 0 amide bonds. The summed E-state index contributed by atoms with van der Waals surface area (Å²) in [4.78, 5) is 10.2. The van der Waals surface area contributed by atoms with Crippen LogP contribution in [0.15, 0.2) is 35.5 Å². The van der Waals surface area contributed by atoms with Crippen molar-refractivity contribution in [3.63, 3.8) is 0 Å². The molecule has 5 heteroatoms. The summed E-state index contributed by atoms with van der Waals surface area (Å²) in [5, 5.41) is 7.83. The monoisotopic (exact) mass is 344 g/mol. The van der Waals surface area contributed by atoms with Gasteiger partial charge in [-0.05, 0) is 26.3 Å². The molecular weight excluding hydrogens is 316 g/mol. The summed E-state index contributed by atoms with van der Waals surface area (Å²) in [6.07, 6.45) is 1.90. The van der Waals surface area contributed by atoms with Crippen molar-refractivity contribution in [2.75, 3.05) is 13.1 Å². The molecule has 2 N–H and O–H groups in total. The Hall–Kier alpha value is -1.88. The summed E-state index contributed by atoms with van der Waals surface area (Å²) in [5.74, 6) is 0.839. The Kier molecular flexibility index (Phi) is 6.37. The topological polar surface area (TPSA) is 49.3 Å². The Morgan fingerprint density at radius 1 is 1.25 bits per heavy atom. The van der Waals surface area contributed by atoms with E-state index in [-0.39, 0.29) is 5.41 Å². The SMILES string of the molecule is CCNC(=NCc1ncc(C)s1)NCC(C)(C)c1cccc(C)c1. The summed E-state index contributed by atoms with van der Waals surface area (Å²) < 4.78 is 0. The average Bonchev–Trinajstić information content (AvgIpc) is 2.95. The molecule has 4 nitrogen and oxygen atoms in total. The van der Waals surface area contributed by atoms with Crippen molar-refractivity contribution in [2.45, 2.75) is 46.6 Å². The van der Waals surface area contributed by atoms with Crippen LogP contribution >= 0.6 is 11.3 Å². The first-order valence-electron chi connectivity index (χ1n) is 8.41. The number of aromatic nitrogens is 1. The number of nitrogens with zero attached hydrogens (tertiary/aromatic N) is 2. The van der Waals surface area contributed by atoms with E-state index >= 15 is 0 Å². The number of aryl methyl sites for hydroxylation is 2. The summed E-state index contributed by atoms with van der Waals surface area (Å²) in [5.41, 5.74) is 2.65. The van der Waals surface area contributed by atoms with E-state index in [1.807, 2.05) is 6.20 Å². The van der Waals surface area contributed by atoms with Crippen LogP contribution in [-0.2, 0) is 12.0 Å². The molecule has 0 saturated heterocycles. The van der Waals surface area contributed by atoms with Gasteiger partial charge in [0.1, 0.15) is 5.01 Å². The van der Waals surface area contributed by atoms with E-state index in [0.717, 1.165) is 24.1 Å². The highest BCUT2D eigenvalue weighted by molar-refractivity contribution is 7.11. The average molecular weight is 345 g/mol. The standard InChI is InChI=1S/C19H28N4S/c1-6-20-18(22-12-17-21-11-15(3)24-17)23-13-19(4,5)16-9-7-8-14(2)10-16/h7-11H,6,12-13H2,1-5H3,(H2,20,22,23). The number of benzene rings is 1. The van der Waals surface area contributed by atoms with Gasteiger partial charge in [0.05, 0.1) is 6.54 Å². The lowest BCUT2D eigenvalue weighted by Gasteiger charge is -2.27. The first-order valence-corrected chi connectivity index (χ1v) is 9.23. The minimum atomic E-state index is 0.0278. The molecule has 130 valence electrons. The fourth-order valence-corrected chi connectivity index (χ4v) is 3.15. The Balaban J connectivity index is 2.01. The van der Waals surface area contributed by atoms with Crippen LogP contribution in [0.25, 0.3) is 0 Å². The number of aliphatic imine (C=N–C) groups is 1. The number of hydrogen-bond acceptors (Lipinski definition) is 3. The number of hydrogen-bond donors (Lipinski definition) is 2. The number of thiazole rings is 1. The zero-order chi connectivity index (χ0) is 17.6. The van der Waals surface area contributed by atoms with Crippen molar-refractivity contribution in [1.82, 2.24) is 15.6 Å². The van der Waals surface area contributed by atoms with Crippen molar-refractivity contribution < 1.29 is 0 Å². The second-order valence-corrected chi connectivity index (χ2v) is 7.99. The Morgan fingerprint density at radius 2 is 2.04 bits per heavy atom. The molecule has 0 aliphatic heterocycles. The molecule has 0 fully saturated rings. The van der Waals surface area contributed by atoms with Gasteiger partial charge in [-0.1, -0.05) is 43.7 Å². The van der Waals surface area contributed by atoms with E-state index in [2.05, 4.69) is 79.5 Å². The smallest absolute Gasteiger partial charge is 0.191 e. The van der Waals surface area contributed by atoms with Gasteiger partial charge in [0.15, 0.2) is 5.96 Å². The maximum atomic E-state index is 4.65. The van der Waals surface area contributed by atoms with E-state index in [4.69, 9.17) is 0 Å². The summed E-state index contributed by atoms with van der Waals surface area (Å²) in [7, 11) is 0. The largest absolute Gasteiger partial charge is 0.357 e. The molecule has 0 saturated carbocycles. The van der Waals surface area contributed by atoms with Crippen molar-refractivity contribution in [2.24, 2.45) is 4.99 Å². The molecular formula is C19H28N4S. The molecule has 0 atom stereocenters. The molecule has 0 aliphatic rings. The normalized spacial score (nSPS) is 12.3. The summed E-state index contributed by atoms with van der Waals surface area (Å²) >= 11 is 1.70. The van der Waals surface area contributed by atoms with Gasteiger partial charge in [0.25, 0.3) is 0 Å². The fraction of sp³-hybridized carbons (Fsp3) is 0.474. The highest BCUT2D eigenvalue weighted by Gasteiger charge is 2.21. The molecule has 24 heavy (non-hydrogen) atoms. The van der Waals surface area contributed by atoms with Crippen molar-refractivity contribution in [3.8, 4) is 0 Å². The second-order valence-electron chi connectivity index (χ2n) is 6.67. The first kappa shape index (κ1) is 18.5. The van der Waals surface area contributed by atoms with Crippen molar-refractivity contribution in [3.05, 3.63) is 51.5 Å². The van der Waals surface area contributed by atoms with Crippen LogP contribution in [0.3, 0.4) is 0 Å². The van der Waals surface area contributed by atoms with Crippen molar-refractivity contribution in [1.29, 1.82) is 0 Å². The minimum absolute atomic E-state index is 0.0278. The van der Waals surface area contributed by atoms with E-state index in [1.165, 1.54) is 16.0 Å². The van der Waals surface area contributed by atoms with Crippen LogP contribution in [-0.4, -0.2) is 24.0 Å². The maximum absolute atomic E-state index is 4.65. The Labute approximate surface area is 149 Å². The molecule has 0 radical (unpaired) electrons. The van der Waals surface area contributed by atoms with Gasteiger partial charge >= 0.3 is 0 Å². The number of rotatable bonds is 6. The molecule has 2 aromatic rings. The van der Waals surface area contributed by atoms with Gasteiger partial charge in [-0.15, -0.1) is 11.3 Å². The van der Waals surface area contributed by atoms with E-state index < -0.39 is 0 Å². The van der Waals surface area contributed by atoms with Gasteiger partial charge in [-0.25, -0.2) is 9.98 Å². The lowest BCUT2D eigenvalue weighted by molar-refractivity contribution is 0.508. The quantitative estimate of drug-likeness (QED) is 0.619. The van der Waals surface area contributed by atoms with Crippen LogP contribution < -0.4 is 10.6 Å². The van der Waals surface area contributed by atoms with Gasteiger partial charge in [0.2, 0.25) is 0 Å². The van der Waals surface area contributed by atoms with Crippen LogP contribution in [0.1, 0.15) is 41.8 Å². The highest BCUT2D eigenvalue weighted by Crippen LogP contribution is 2.23. The summed E-state index contributed by atoms with van der Waals surface area (Å²) in [6, 6.07) is 8.70. The first-order chi connectivity index (χ1) is 11.4. The molecule has 0 aliphatic carbocycles. The third kappa shape index (κ3) is 5.34. The predicted molar refractivity (Wildman–Crippen MR) is 104 cm³/mol. The van der Waals surface area contributed by atoms with Gasteiger partial charge in [-0.2, -0.15) is 0 Å². The minimum Gasteiger partial charge on any atom is -0.357 e. The molecule has 2 rings (SSSR count). The van der Waals surface area contributed by atoms with E-state index in [0.29, 0.717) is 6.54 Å². The molecule has 1 aromatic heterocycles. The molecule has 1 heterocycles. The van der Waals surface area contributed by atoms with Gasteiger partial charge in [0, 0.05) is 29.6 Å². The number of guanidine groups is 1. The van der Waals surface area contributed by atoms with Crippen LogP contribution in [0.4, 0.5) is 0 Å². The molecule has 1 aromatic carbocycles. The van der Waals surface area contributed by atoms with Crippen LogP contribution in [0, 0.1) is 13.8 Å². The second kappa shape index (κ2) is 8.29. The third-order valence-electron chi connectivity index (χ3n) is 3.88. The van der Waals surface area contributed by atoms with E-state index in [1.54, 1.807) is 11.3 Å². The lowest BCUT2D eigenvalue weighted by atomic mass is 9.84. The van der Waals surface area contributed by atoms with Gasteiger partial charge in [-0.3, -0.25) is 0 Å². The zero-order valence-corrected chi connectivity index (χ0v) is 16.1. The van der Waals surface area contributed by atoms with Crippen LogP contribution in [0.5, 0.6) is 0 Å². The number of nitrogens with one attached hydrogen (secondary N) is 2. The molecule has 0 unspecified atom stereocenters. The maximum Gasteiger partial charge on any atom is 0.191 e. The van der Waals surface area contributed by atoms with Crippen LogP contribution in [0.2, 0.25) is 0 Å². The Bertz CT molecular complexity index is 688. The molecule has 0 spiro atoms. The van der Waals surface area contributed by atoms with Crippen molar-refractivity contribution >= 4 is 17.3 Å².